The van der Waals surface area contributed by atoms with E-state index in [4.69, 9.17) is 4.74 Å². The summed E-state index contributed by atoms with van der Waals surface area (Å²) in [7, 11) is 0. The van der Waals surface area contributed by atoms with Gasteiger partial charge in [-0.1, -0.05) is 6.92 Å². The maximum absolute atomic E-state index is 12.2. The van der Waals surface area contributed by atoms with E-state index < -0.39 is 0 Å². The molecule has 86 valence electrons. The van der Waals surface area contributed by atoms with E-state index in [-0.39, 0.29) is 23.6 Å². The Morgan fingerprint density at radius 2 is 2.40 bits per heavy atom. The molecular formula is C11H20N2O2. The van der Waals surface area contributed by atoms with Gasteiger partial charge >= 0.3 is 0 Å². The Balaban J connectivity index is 2.10. The van der Waals surface area contributed by atoms with Crippen LogP contribution in [-0.4, -0.2) is 41.8 Å². The van der Waals surface area contributed by atoms with Crippen LogP contribution < -0.4 is 5.32 Å². The molecule has 1 N–H and O–H groups in total. The quantitative estimate of drug-likeness (QED) is 0.733. The van der Waals surface area contributed by atoms with E-state index in [0.717, 1.165) is 19.4 Å². The van der Waals surface area contributed by atoms with Crippen molar-refractivity contribution < 1.29 is 9.53 Å². The van der Waals surface area contributed by atoms with Crippen molar-refractivity contribution in [3.05, 3.63) is 0 Å². The zero-order valence-electron chi connectivity index (χ0n) is 9.75. The van der Waals surface area contributed by atoms with Crippen LogP contribution in [0.15, 0.2) is 0 Å². The average Bonchev–Trinajstić information content (AvgIpc) is 2.75. The predicted molar refractivity (Wildman–Crippen MR) is 57.4 cm³/mol. The molecule has 0 saturated carbocycles. The smallest absolute Gasteiger partial charge is 0.243 e. The Labute approximate surface area is 91.0 Å². The van der Waals surface area contributed by atoms with Crippen molar-refractivity contribution in [1.82, 2.24) is 10.2 Å². The zero-order valence-corrected chi connectivity index (χ0v) is 9.75. The van der Waals surface area contributed by atoms with Crippen LogP contribution in [0.3, 0.4) is 0 Å². The van der Waals surface area contributed by atoms with Gasteiger partial charge in [0, 0.05) is 6.61 Å². The Morgan fingerprint density at radius 1 is 1.67 bits per heavy atom. The SMILES string of the molecule is CCC1(C)NCN(C2CCOC2C)C1=O. The van der Waals surface area contributed by atoms with Crippen LogP contribution in [0.2, 0.25) is 0 Å². The van der Waals surface area contributed by atoms with Crippen LogP contribution in [0.5, 0.6) is 0 Å². The lowest BCUT2D eigenvalue weighted by Crippen LogP contribution is -2.46. The fourth-order valence-corrected chi connectivity index (χ4v) is 2.40. The number of nitrogens with zero attached hydrogens (tertiary/aromatic N) is 1. The maximum Gasteiger partial charge on any atom is 0.243 e. The van der Waals surface area contributed by atoms with E-state index in [1.807, 2.05) is 25.7 Å². The molecule has 1 amide bonds. The summed E-state index contributed by atoms with van der Waals surface area (Å²) in [6.45, 7) is 7.52. The number of amides is 1. The van der Waals surface area contributed by atoms with Crippen molar-refractivity contribution in [3.8, 4) is 0 Å². The molecule has 0 aliphatic carbocycles. The largest absolute Gasteiger partial charge is 0.376 e. The van der Waals surface area contributed by atoms with Crippen LogP contribution >= 0.6 is 0 Å². The van der Waals surface area contributed by atoms with Crippen molar-refractivity contribution in [2.45, 2.75) is 51.3 Å². The molecule has 2 heterocycles. The third kappa shape index (κ3) is 1.66. The van der Waals surface area contributed by atoms with Gasteiger partial charge in [0.25, 0.3) is 0 Å². The molecule has 0 aromatic carbocycles. The highest BCUT2D eigenvalue weighted by atomic mass is 16.5. The predicted octanol–water partition coefficient (Wildman–Crippen LogP) is 0.722. The van der Waals surface area contributed by atoms with Crippen molar-refractivity contribution in [1.29, 1.82) is 0 Å². The van der Waals surface area contributed by atoms with Crippen molar-refractivity contribution in [3.63, 3.8) is 0 Å². The summed E-state index contributed by atoms with van der Waals surface area (Å²) >= 11 is 0. The van der Waals surface area contributed by atoms with E-state index in [1.165, 1.54) is 0 Å². The molecule has 0 radical (unpaired) electrons. The Hall–Kier alpha value is -0.610. The number of carbonyl (C=O) groups excluding carboxylic acids is 1. The molecule has 2 aliphatic rings. The number of rotatable bonds is 2. The first kappa shape index (κ1) is 10.9. The highest BCUT2D eigenvalue weighted by molar-refractivity contribution is 5.88. The Morgan fingerprint density at radius 3 is 2.87 bits per heavy atom. The first-order valence-electron chi connectivity index (χ1n) is 5.76. The molecule has 15 heavy (non-hydrogen) atoms. The summed E-state index contributed by atoms with van der Waals surface area (Å²) in [5, 5.41) is 3.30. The lowest BCUT2D eigenvalue weighted by molar-refractivity contribution is -0.134. The molecule has 3 unspecified atom stereocenters. The Bertz CT molecular complexity index is 269. The van der Waals surface area contributed by atoms with Crippen LogP contribution in [0.25, 0.3) is 0 Å². The fourth-order valence-electron chi connectivity index (χ4n) is 2.40. The van der Waals surface area contributed by atoms with Gasteiger partial charge in [0.1, 0.15) is 0 Å². The van der Waals surface area contributed by atoms with Gasteiger partial charge in [0.2, 0.25) is 5.91 Å². The second-order valence-electron chi connectivity index (χ2n) is 4.73. The van der Waals surface area contributed by atoms with Gasteiger partial charge < -0.3 is 9.64 Å². The minimum atomic E-state index is -0.359. The third-order valence-electron chi connectivity index (χ3n) is 3.82. The molecule has 3 atom stereocenters. The van der Waals surface area contributed by atoms with E-state index in [2.05, 4.69) is 5.32 Å². The minimum absolute atomic E-state index is 0.176. The number of ether oxygens (including phenoxy) is 1. The summed E-state index contributed by atoms with van der Waals surface area (Å²) in [4.78, 5) is 14.1. The second-order valence-corrected chi connectivity index (χ2v) is 4.73. The standard InChI is InChI=1S/C11H20N2O2/c1-4-11(3)10(14)13(7-12-11)9-5-6-15-8(9)2/h8-9,12H,4-7H2,1-3H3. The summed E-state index contributed by atoms with van der Waals surface area (Å²) in [5.41, 5.74) is -0.359. The van der Waals surface area contributed by atoms with Crippen LogP contribution in [0.1, 0.15) is 33.6 Å². The van der Waals surface area contributed by atoms with Crippen LogP contribution in [0.4, 0.5) is 0 Å². The molecule has 0 bridgehead atoms. The van der Waals surface area contributed by atoms with Crippen molar-refractivity contribution in [2.75, 3.05) is 13.3 Å². The molecule has 0 aromatic rings. The molecule has 4 heteroatoms. The maximum atomic E-state index is 12.2. The van der Waals surface area contributed by atoms with Gasteiger partial charge in [-0.2, -0.15) is 0 Å². The van der Waals surface area contributed by atoms with E-state index >= 15 is 0 Å². The van der Waals surface area contributed by atoms with Gasteiger partial charge in [-0.25, -0.2) is 0 Å². The van der Waals surface area contributed by atoms with Crippen molar-refractivity contribution >= 4 is 5.91 Å². The number of hydrogen-bond acceptors (Lipinski definition) is 3. The number of carbonyl (C=O) groups is 1. The summed E-state index contributed by atoms with van der Waals surface area (Å²) in [6.07, 6.45) is 1.98. The van der Waals surface area contributed by atoms with Gasteiger partial charge in [-0.05, 0) is 26.7 Å². The van der Waals surface area contributed by atoms with Crippen LogP contribution in [-0.2, 0) is 9.53 Å². The fraction of sp³-hybridized carbons (Fsp3) is 0.909. The van der Waals surface area contributed by atoms with E-state index in [0.29, 0.717) is 6.67 Å². The third-order valence-corrected chi connectivity index (χ3v) is 3.82. The molecule has 2 saturated heterocycles. The molecule has 0 aromatic heterocycles. The summed E-state index contributed by atoms with van der Waals surface area (Å²) < 4.78 is 5.51. The average molecular weight is 212 g/mol. The Kier molecular flexibility index (Phi) is 2.73. The van der Waals surface area contributed by atoms with Crippen LogP contribution in [0, 0.1) is 0 Å². The lowest BCUT2D eigenvalue weighted by Gasteiger charge is -2.27. The molecule has 0 spiro atoms. The first-order valence-corrected chi connectivity index (χ1v) is 5.76. The topological polar surface area (TPSA) is 41.6 Å². The number of hydrogen-bond donors (Lipinski definition) is 1. The normalized spacial score (nSPS) is 41.5. The molecular weight excluding hydrogens is 192 g/mol. The van der Waals surface area contributed by atoms with E-state index in [1.54, 1.807) is 0 Å². The highest BCUT2D eigenvalue weighted by Crippen LogP contribution is 2.27. The molecule has 2 aliphatic heterocycles. The lowest BCUT2D eigenvalue weighted by atomic mass is 9.98. The summed E-state index contributed by atoms with van der Waals surface area (Å²) in [5.74, 6) is 0.229. The van der Waals surface area contributed by atoms with Gasteiger partial charge in [0.05, 0.1) is 24.4 Å². The highest BCUT2D eigenvalue weighted by Gasteiger charge is 2.45. The van der Waals surface area contributed by atoms with Crippen molar-refractivity contribution in [2.24, 2.45) is 0 Å². The second kappa shape index (κ2) is 3.76. The van der Waals surface area contributed by atoms with Gasteiger partial charge in [-0.3, -0.25) is 10.1 Å². The van der Waals surface area contributed by atoms with Gasteiger partial charge in [0.15, 0.2) is 0 Å². The first-order chi connectivity index (χ1) is 7.08. The van der Waals surface area contributed by atoms with Gasteiger partial charge in [-0.15, -0.1) is 0 Å². The molecule has 4 nitrogen and oxygen atoms in total. The summed E-state index contributed by atoms with van der Waals surface area (Å²) in [6, 6.07) is 0.262. The number of nitrogens with one attached hydrogen (secondary N) is 1. The molecule has 2 fully saturated rings. The minimum Gasteiger partial charge on any atom is -0.376 e. The molecule has 2 rings (SSSR count). The van der Waals surface area contributed by atoms with E-state index in [9.17, 15) is 4.79 Å². The monoisotopic (exact) mass is 212 g/mol. The zero-order chi connectivity index (χ0) is 11.1.